The van der Waals surface area contributed by atoms with Crippen LogP contribution in [0.2, 0.25) is 0 Å². The average Bonchev–Trinajstić information content (AvgIpc) is 3.08. The summed E-state index contributed by atoms with van der Waals surface area (Å²) in [6, 6.07) is 19.0. The Kier molecular flexibility index (Phi) is 6.27. The topological polar surface area (TPSA) is 84.0 Å². The molecule has 3 amide bonds. The lowest BCUT2D eigenvalue weighted by atomic mass is 10.1. The van der Waals surface area contributed by atoms with E-state index in [4.69, 9.17) is 4.74 Å². The Balaban J connectivity index is 1.44. The predicted molar refractivity (Wildman–Crippen MR) is 127 cm³/mol. The smallest absolute Gasteiger partial charge is 0.338 e. The van der Waals surface area contributed by atoms with Gasteiger partial charge < -0.3 is 9.64 Å². The molecule has 1 heterocycles. The molecule has 1 aliphatic heterocycles. The van der Waals surface area contributed by atoms with E-state index in [1.165, 1.54) is 23.1 Å². The first-order chi connectivity index (χ1) is 16.3. The molecule has 34 heavy (non-hydrogen) atoms. The van der Waals surface area contributed by atoms with Crippen molar-refractivity contribution in [1.29, 1.82) is 0 Å². The molecular formula is C27H24N2O5. The maximum atomic E-state index is 13.0. The van der Waals surface area contributed by atoms with Crippen LogP contribution in [-0.4, -0.2) is 42.2 Å². The van der Waals surface area contributed by atoms with Crippen molar-refractivity contribution in [2.75, 3.05) is 18.6 Å². The van der Waals surface area contributed by atoms with Crippen molar-refractivity contribution in [2.24, 2.45) is 0 Å². The minimum absolute atomic E-state index is 0.0980. The third-order valence-electron chi connectivity index (χ3n) is 5.90. The van der Waals surface area contributed by atoms with Crippen LogP contribution in [0.5, 0.6) is 0 Å². The van der Waals surface area contributed by atoms with E-state index in [9.17, 15) is 19.2 Å². The van der Waals surface area contributed by atoms with Gasteiger partial charge in [0.15, 0.2) is 6.61 Å². The Labute approximate surface area is 197 Å². The largest absolute Gasteiger partial charge is 0.452 e. The van der Waals surface area contributed by atoms with Gasteiger partial charge in [-0.2, -0.15) is 0 Å². The van der Waals surface area contributed by atoms with Crippen molar-refractivity contribution in [3.63, 3.8) is 0 Å². The SMILES string of the molecule is Cc1ccccc1CN(C)C(=O)COC(=O)c1ccc2c(c1)C(=O)N(c1ccccc1C)C2=O. The third-order valence-corrected chi connectivity index (χ3v) is 5.90. The summed E-state index contributed by atoms with van der Waals surface area (Å²) in [4.78, 5) is 53.5. The van der Waals surface area contributed by atoms with Gasteiger partial charge in [0.25, 0.3) is 17.7 Å². The second-order valence-electron chi connectivity index (χ2n) is 8.24. The number of rotatable bonds is 6. The van der Waals surface area contributed by atoms with Crippen molar-refractivity contribution in [2.45, 2.75) is 20.4 Å². The van der Waals surface area contributed by atoms with Crippen molar-refractivity contribution in [1.82, 2.24) is 4.90 Å². The van der Waals surface area contributed by atoms with Gasteiger partial charge in [-0.1, -0.05) is 42.5 Å². The molecule has 0 fully saturated rings. The van der Waals surface area contributed by atoms with Gasteiger partial charge in [-0.3, -0.25) is 14.4 Å². The highest BCUT2D eigenvalue weighted by Gasteiger charge is 2.37. The molecule has 0 saturated heterocycles. The zero-order chi connectivity index (χ0) is 24.4. The standard InChI is InChI=1S/C27H24N2O5/c1-17-8-4-6-10-20(17)15-28(3)24(30)16-34-27(33)19-12-13-21-22(14-19)26(32)29(25(21)31)23-11-7-5-9-18(23)2/h4-14H,15-16H2,1-3H3. The van der Waals surface area contributed by atoms with Crippen LogP contribution in [0.15, 0.2) is 66.7 Å². The van der Waals surface area contributed by atoms with Gasteiger partial charge in [0, 0.05) is 13.6 Å². The summed E-state index contributed by atoms with van der Waals surface area (Å²) < 4.78 is 5.19. The lowest BCUT2D eigenvalue weighted by molar-refractivity contribution is -0.133. The monoisotopic (exact) mass is 456 g/mol. The van der Waals surface area contributed by atoms with E-state index >= 15 is 0 Å². The second kappa shape index (κ2) is 9.31. The number of imide groups is 1. The molecule has 7 nitrogen and oxygen atoms in total. The highest BCUT2D eigenvalue weighted by Crippen LogP contribution is 2.31. The highest BCUT2D eigenvalue weighted by atomic mass is 16.5. The van der Waals surface area contributed by atoms with Gasteiger partial charge in [0.1, 0.15) is 0 Å². The minimum Gasteiger partial charge on any atom is -0.452 e. The van der Waals surface area contributed by atoms with Crippen LogP contribution in [-0.2, 0) is 16.1 Å². The number of ether oxygens (including phenoxy) is 1. The first kappa shape index (κ1) is 22.9. The number of carbonyl (C=O) groups is 4. The van der Waals surface area contributed by atoms with Crippen LogP contribution < -0.4 is 4.90 Å². The van der Waals surface area contributed by atoms with E-state index in [0.29, 0.717) is 12.2 Å². The number of carbonyl (C=O) groups excluding carboxylic acids is 4. The fourth-order valence-corrected chi connectivity index (χ4v) is 3.85. The summed E-state index contributed by atoms with van der Waals surface area (Å²) in [5.41, 5.74) is 3.80. The molecule has 0 saturated carbocycles. The summed E-state index contributed by atoms with van der Waals surface area (Å²) in [6.07, 6.45) is 0. The van der Waals surface area contributed by atoms with E-state index in [-0.39, 0.29) is 22.6 Å². The van der Waals surface area contributed by atoms with Crippen LogP contribution in [0.25, 0.3) is 0 Å². The van der Waals surface area contributed by atoms with Crippen LogP contribution >= 0.6 is 0 Å². The fourth-order valence-electron chi connectivity index (χ4n) is 3.85. The highest BCUT2D eigenvalue weighted by molar-refractivity contribution is 6.34. The maximum Gasteiger partial charge on any atom is 0.338 e. The van der Waals surface area contributed by atoms with Crippen LogP contribution in [0.4, 0.5) is 5.69 Å². The molecule has 0 N–H and O–H groups in total. The number of aryl methyl sites for hydroxylation is 2. The molecule has 172 valence electrons. The third kappa shape index (κ3) is 4.32. The Hall–Kier alpha value is -4.26. The molecule has 0 atom stereocenters. The molecule has 0 spiro atoms. The summed E-state index contributed by atoms with van der Waals surface area (Å²) in [5, 5.41) is 0. The molecule has 0 unspecified atom stereocenters. The van der Waals surface area contributed by atoms with Crippen LogP contribution in [0, 0.1) is 13.8 Å². The van der Waals surface area contributed by atoms with Gasteiger partial charge >= 0.3 is 5.97 Å². The molecule has 3 aromatic carbocycles. The van der Waals surface area contributed by atoms with E-state index in [2.05, 4.69) is 0 Å². The van der Waals surface area contributed by atoms with Crippen LogP contribution in [0.1, 0.15) is 47.8 Å². The number of benzene rings is 3. The Morgan fingerprint density at radius 3 is 2.21 bits per heavy atom. The molecule has 4 rings (SSSR count). The van der Waals surface area contributed by atoms with E-state index in [1.54, 1.807) is 19.2 Å². The number of fused-ring (bicyclic) bond motifs is 1. The molecular weight excluding hydrogens is 432 g/mol. The fraction of sp³-hybridized carbons (Fsp3) is 0.185. The molecule has 7 heteroatoms. The normalized spacial score (nSPS) is 12.5. The van der Waals surface area contributed by atoms with Gasteiger partial charge in [0.2, 0.25) is 0 Å². The summed E-state index contributed by atoms with van der Waals surface area (Å²) in [5.74, 6) is -2.04. The lowest BCUT2D eigenvalue weighted by Gasteiger charge is -2.18. The Bertz CT molecular complexity index is 1310. The van der Waals surface area contributed by atoms with Gasteiger partial charge in [-0.05, 0) is 54.8 Å². The van der Waals surface area contributed by atoms with Gasteiger partial charge in [-0.25, -0.2) is 9.69 Å². The minimum atomic E-state index is -0.741. The van der Waals surface area contributed by atoms with Crippen molar-refractivity contribution in [3.05, 3.63) is 100 Å². The maximum absolute atomic E-state index is 13.0. The molecule has 3 aromatic rings. The Morgan fingerprint density at radius 2 is 1.50 bits per heavy atom. The lowest BCUT2D eigenvalue weighted by Crippen LogP contribution is -2.31. The number of anilines is 1. The number of para-hydroxylation sites is 1. The van der Waals surface area contributed by atoms with Crippen molar-refractivity contribution >= 4 is 29.4 Å². The number of amides is 3. The first-order valence-electron chi connectivity index (χ1n) is 10.8. The zero-order valence-electron chi connectivity index (χ0n) is 19.2. The van der Waals surface area contributed by atoms with E-state index in [0.717, 1.165) is 21.6 Å². The molecule has 0 aromatic heterocycles. The number of likely N-dealkylation sites (N-methyl/N-ethyl adjacent to an activating group) is 1. The van der Waals surface area contributed by atoms with Gasteiger partial charge in [0.05, 0.1) is 22.4 Å². The average molecular weight is 456 g/mol. The first-order valence-corrected chi connectivity index (χ1v) is 10.8. The van der Waals surface area contributed by atoms with E-state index < -0.39 is 24.4 Å². The van der Waals surface area contributed by atoms with Crippen molar-refractivity contribution < 1.29 is 23.9 Å². The van der Waals surface area contributed by atoms with Gasteiger partial charge in [-0.15, -0.1) is 0 Å². The number of esters is 1. The summed E-state index contributed by atoms with van der Waals surface area (Å²) >= 11 is 0. The summed E-state index contributed by atoms with van der Waals surface area (Å²) in [7, 11) is 1.64. The van der Waals surface area contributed by atoms with Crippen LogP contribution in [0.3, 0.4) is 0 Å². The second-order valence-corrected chi connectivity index (χ2v) is 8.24. The predicted octanol–water partition coefficient (Wildman–Crippen LogP) is 3.92. The zero-order valence-corrected chi connectivity index (χ0v) is 19.2. The summed E-state index contributed by atoms with van der Waals surface area (Å²) in [6.45, 7) is 3.75. The molecule has 0 radical (unpaired) electrons. The Morgan fingerprint density at radius 1 is 0.853 bits per heavy atom. The number of nitrogens with zero attached hydrogens (tertiary/aromatic N) is 2. The molecule has 0 bridgehead atoms. The van der Waals surface area contributed by atoms with E-state index in [1.807, 2.05) is 50.2 Å². The number of hydrogen-bond acceptors (Lipinski definition) is 5. The quantitative estimate of drug-likeness (QED) is 0.415. The van der Waals surface area contributed by atoms with Crippen molar-refractivity contribution in [3.8, 4) is 0 Å². The molecule has 0 aliphatic carbocycles. The molecule has 1 aliphatic rings. The number of hydrogen-bond donors (Lipinski definition) is 0.